The van der Waals surface area contributed by atoms with Gasteiger partial charge in [0.25, 0.3) is 5.91 Å². The van der Waals surface area contributed by atoms with Crippen LogP contribution < -0.4 is 5.32 Å². The molecule has 0 aromatic heterocycles. The van der Waals surface area contributed by atoms with Crippen LogP contribution in [0.4, 0.5) is 0 Å². The SMILES string of the molecule is COC(=O)C(C)(C)NC(=O)c1ccc(C)c(Br)c1. The number of ether oxygens (including phenoxy) is 1. The summed E-state index contributed by atoms with van der Waals surface area (Å²) in [5, 5.41) is 2.64. The smallest absolute Gasteiger partial charge is 0.330 e. The van der Waals surface area contributed by atoms with E-state index in [2.05, 4.69) is 26.0 Å². The Kier molecular flexibility index (Phi) is 4.51. The lowest BCUT2D eigenvalue weighted by Crippen LogP contribution is -2.50. The largest absolute Gasteiger partial charge is 0.467 e. The van der Waals surface area contributed by atoms with E-state index in [1.54, 1.807) is 26.0 Å². The molecule has 0 aliphatic rings. The second kappa shape index (κ2) is 5.52. The van der Waals surface area contributed by atoms with Crippen molar-refractivity contribution in [2.24, 2.45) is 0 Å². The van der Waals surface area contributed by atoms with Gasteiger partial charge in [0.1, 0.15) is 5.54 Å². The van der Waals surface area contributed by atoms with Crippen molar-refractivity contribution in [1.82, 2.24) is 5.32 Å². The fourth-order valence-corrected chi connectivity index (χ4v) is 1.78. The maximum absolute atomic E-state index is 12.0. The second-order valence-corrected chi connectivity index (χ2v) is 5.39. The van der Waals surface area contributed by atoms with E-state index in [-0.39, 0.29) is 5.91 Å². The summed E-state index contributed by atoms with van der Waals surface area (Å²) in [6.07, 6.45) is 0. The number of carbonyl (C=O) groups is 2. The van der Waals surface area contributed by atoms with Gasteiger partial charge in [-0.25, -0.2) is 4.79 Å². The van der Waals surface area contributed by atoms with Gasteiger partial charge in [-0.2, -0.15) is 0 Å². The number of benzene rings is 1. The number of amides is 1. The van der Waals surface area contributed by atoms with E-state index in [0.29, 0.717) is 5.56 Å². The van der Waals surface area contributed by atoms with Gasteiger partial charge in [0.15, 0.2) is 0 Å². The van der Waals surface area contributed by atoms with Crippen LogP contribution in [0.25, 0.3) is 0 Å². The van der Waals surface area contributed by atoms with Gasteiger partial charge in [-0.1, -0.05) is 22.0 Å². The molecule has 4 nitrogen and oxygen atoms in total. The molecule has 1 aromatic rings. The Bertz CT molecular complexity index is 483. The quantitative estimate of drug-likeness (QED) is 0.872. The Morgan fingerprint density at radius 3 is 2.44 bits per heavy atom. The van der Waals surface area contributed by atoms with Crippen molar-refractivity contribution < 1.29 is 14.3 Å². The molecule has 0 unspecified atom stereocenters. The van der Waals surface area contributed by atoms with Crippen LogP contribution in [0.3, 0.4) is 0 Å². The average Bonchev–Trinajstić information content (AvgIpc) is 2.30. The van der Waals surface area contributed by atoms with E-state index in [1.165, 1.54) is 7.11 Å². The van der Waals surface area contributed by atoms with Crippen LogP contribution in [0.5, 0.6) is 0 Å². The van der Waals surface area contributed by atoms with Crippen molar-refractivity contribution in [3.63, 3.8) is 0 Å². The minimum Gasteiger partial charge on any atom is -0.467 e. The van der Waals surface area contributed by atoms with Gasteiger partial charge in [0, 0.05) is 10.0 Å². The third kappa shape index (κ3) is 3.32. The molecule has 0 aliphatic carbocycles. The van der Waals surface area contributed by atoms with Crippen molar-refractivity contribution in [2.45, 2.75) is 26.3 Å². The molecule has 0 saturated carbocycles. The summed E-state index contributed by atoms with van der Waals surface area (Å²) in [5.41, 5.74) is 0.478. The first-order valence-corrected chi connectivity index (χ1v) is 6.24. The zero-order valence-corrected chi connectivity index (χ0v) is 12.4. The number of aryl methyl sites for hydroxylation is 1. The van der Waals surface area contributed by atoms with Crippen LogP contribution in [0.2, 0.25) is 0 Å². The lowest BCUT2D eigenvalue weighted by molar-refractivity contribution is -0.146. The number of hydrogen-bond donors (Lipinski definition) is 1. The highest BCUT2D eigenvalue weighted by Gasteiger charge is 2.30. The Balaban J connectivity index is 2.89. The molecular weight excluding hydrogens is 298 g/mol. The molecule has 0 radical (unpaired) electrons. The molecule has 1 N–H and O–H groups in total. The van der Waals surface area contributed by atoms with Crippen molar-refractivity contribution in [3.8, 4) is 0 Å². The van der Waals surface area contributed by atoms with Gasteiger partial charge < -0.3 is 10.1 Å². The summed E-state index contributed by atoms with van der Waals surface area (Å²) >= 11 is 3.36. The highest BCUT2D eigenvalue weighted by Crippen LogP contribution is 2.18. The maximum atomic E-state index is 12.0. The van der Waals surface area contributed by atoms with Gasteiger partial charge in [-0.15, -0.1) is 0 Å². The molecule has 1 amide bonds. The number of hydrogen-bond acceptors (Lipinski definition) is 3. The van der Waals surface area contributed by atoms with Crippen LogP contribution in [0.15, 0.2) is 22.7 Å². The Morgan fingerprint density at radius 1 is 1.33 bits per heavy atom. The molecule has 0 saturated heterocycles. The third-order valence-corrected chi connectivity index (χ3v) is 3.41. The van der Waals surface area contributed by atoms with Crippen LogP contribution >= 0.6 is 15.9 Å². The maximum Gasteiger partial charge on any atom is 0.330 e. The Labute approximate surface area is 115 Å². The van der Waals surface area contributed by atoms with E-state index in [9.17, 15) is 9.59 Å². The van der Waals surface area contributed by atoms with E-state index < -0.39 is 11.5 Å². The number of carbonyl (C=O) groups excluding carboxylic acids is 2. The lowest BCUT2D eigenvalue weighted by atomic mass is 10.0. The summed E-state index contributed by atoms with van der Waals surface area (Å²) in [5.74, 6) is -0.798. The number of rotatable bonds is 3. The average molecular weight is 314 g/mol. The molecule has 1 aromatic carbocycles. The van der Waals surface area contributed by atoms with Gasteiger partial charge in [-0.05, 0) is 38.5 Å². The van der Waals surface area contributed by atoms with E-state index in [4.69, 9.17) is 0 Å². The van der Waals surface area contributed by atoms with Crippen LogP contribution in [-0.4, -0.2) is 24.5 Å². The predicted molar refractivity (Wildman–Crippen MR) is 72.4 cm³/mol. The third-order valence-electron chi connectivity index (χ3n) is 2.56. The number of nitrogens with one attached hydrogen (secondary N) is 1. The molecule has 0 bridgehead atoms. The van der Waals surface area contributed by atoms with Crippen LogP contribution in [0.1, 0.15) is 29.8 Å². The minimum atomic E-state index is -1.05. The molecule has 0 spiro atoms. The standard InChI is InChI=1S/C13H16BrNO3/c1-8-5-6-9(7-10(8)14)11(16)15-13(2,3)12(17)18-4/h5-7H,1-4H3,(H,15,16). The van der Waals surface area contributed by atoms with Gasteiger partial charge in [-0.3, -0.25) is 4.79 Å². The fraction of sp³-hybridized carbons (Fsp3) is 0.385. The molecular formula is C13H16BrNO3. The highest BCUT2D eigenvalue weighted by molar-refractivity contribution is 9.10. The zero-order valence-electron chi connectivity index (χ0n) is 10.8. The molecule has 98 valence electrons. The van der Waals surface area contributed by atoms with E-state index >= 15 is 0 Å². The predicted octanol–water partition coefficient (Wildman–Crippen LogP) is 2.44. The highest BCUT2D eigenvalue weighted by atomic mass is 79.9. The first kappa shape index (κ1) is 14.7. The number of esters is 1. The first-order chi connectivity index (χ1) is 8.27. The van der Waals surface area contributed by atoms with Crippen molar-refractivity contribution >= 4 is 27.8 Å². The van der Waals surface area contributed by atoms with E-state index in [1.807, 2.05) is 13.0 Å². The first-order valence-electron chi connectivity index (χ1n) is 5.45. The zero-order chi connectivity index (χ0) is 13.9. The Hall–Kier alpha value is -1.36. The van der Waals surface area contributed by atoms with Crippen LogP contribution in [0, 0.1) is 6.92 Å². The van der Waals surface area contributed by atoms with Crippen molar-refractivity contribution in [2.75, 3.05) is 7.11 Å². The molecule has 1 rings (SSSR count). The van der Waals surface area contributed by atoms with Gasteiger partial charge in [0.2, 0.25) is 0 Å². The Morgan fingerprint density at radius 2 is 1.94 bits per heavy atom. The van der Waals surface area contributed by atoms with Crippen molar-refractivity contribution in [3.05, 3.63) is 33.8 Å². The topological polar surface area (TPSA) is 55.4 Å². The molecule has 18 heavy (non-hydrogen) atoms. The fourth-order valence-electron chi connectivity index (χ4n) is 1.40. The monoisotopic (exact) mass is 313 g/mol. The molecule has 5 heteroatoms. The molecule has 0 atom stereocenters. The number of halogens is 1. The van der Waals surface area contributed by atoms with Gasteiger partial charge in [0.05, 0.1) is 7.11 Å². The van der Waals surface area contributed by atoms with Crippen LogP contribution in [-0.2, 0) is 9.53 Å². The summed E-state index contributed by atoms with van der Waals surface area (Å²) in [6.45, 7) is 5.13. The minimum absolute atomic E-state index is 0.314. The summed E-state index contributed by atoms with van der Waals surface area (Å²) < 4.78 is 5.48. The summed E-state index contributed by atoms with van der Waals surface area (Å²) in [7, 11) is 1.29. The molecule has 0 heterocycles. The molecule has 0 fully saturated rings. The lowest BCUT2D eigenvalue weighted by Gasteiger charge is -2.23. The summed E-state index contributed by atoms with van der Waals surface area (Å²) in [4.78, 5) is 23.5. The van der Waals surface area contributed by atoms with Crippen molar-refractivity contribution in [1.29, 1.82) is 0 Å². The second-order valence-electron chi connectivity index (χ2n) is 4.53. The molecule has 0 aliphatic heterocycles. The number of methoxy groups -OCH3 is 1. The van der Waals surface area contributed by atoms with Gasteiger partial charge >= 0.3 is 5.97 Å². The summed E-state index contributed by atoms with van der Waals surface area (Å²) in [6, 6.07) is 5.27. The van der Waals surface area contributed by atoms with E-state index in [0.717, 1.165) is 10.0 Å². The normalized spacial score (nSPS) is 10.9.